The number of fused-ring (bicyclic) bond motifs is 1. The molecule has 5 nitrogen and oxygen atoms in total. The van der Waals surface area contributed by atoms with E-state index < -0.39 is 11.3 Å². The third kappa shape index (κ3) is 3.48. The number of rotatable bonds is 3. The average molecular weight is 384 g/mol. The second kappa shape index (κ2) is 6.96. The van der Waals surface area contributed by atoms with Crippen molar-refractivity contribution in [2.75, 3.05) is 0 Å². The summed E-state index contributed by atoms with van der Waals surface area (Å²) in [5, 5.41) is 7.67. The summed E-state index contributed by atoms with van der Waals surface area (Å²) in [6, 6.07) is 12.3. The van der Waals surface area contributed by atoms with E-state index in [-0.39, 0.29) is 17.6 Å². The zero-order valence-electron chi connectivity index (χ0n) is 14.2. The Balaban J connectivity index is 1.60. The second-order valence-corrected chi connectivity index (χ2v) is 6.79. The van der Waals surface area contributed by atoms with Crippen LogP contribution < -0.4 is 10.7 Å². The van der Waals surface area contributed by atoms with E-state index in [0.29, 0.717) is 10.7 Å². The van der Waals surface area contributed by atoms with Crippen LogP contribution in [0, 0.1) is 5.82 Å². The fraction of sp³-hybridized carbons (Fsp3) is 0.150. The van der Waals surface area contributed by atoms with Crippen molar-refractivity contribution in [3.63, 3.8) is 0 Å². The largest absolute Gasteiger partial charge is 0.344 e. The van der Waals surface area contributed by atoms with Crippen molar-refractivity contribution in [1.82, 2.24) is 15.1 Å². The van der Waals surface area contributed by atoms with Crippen LogP contribution in [0.1, 0.15) is 34.1 Å². The van der Waals surface area contributed by atoms with Gasteiger partial charge in [0.1, 0.15) is 5.82 Å². The lowest BCUT2D eigenvalue weighted by Crippen LogP contribution is -2.33. The summed E-state index contributed by atoms with van der Waals surface area (Å²) >= 11 is 6.01. The molecule has 1 aliphatic rings. The Morgan fingerprint density at radius 3 is 2.74 bits per heavy atom. The zero-order chi connectivity index (χ0) is 19.0. The quantitative estimate of drug-likeness (QED) is 0.753. The second-order valence-electron chi connectivity index (χ2n) is 6.36. The molecule has 0 unspecified atom stereocenters. The van der Waals surface area contributed by atoms with Gasteiger partial charge in [-0.1, -0.05) is 17.7 Å². The summed E-state index contributed by atoms with van der Waals surface area (Å²) in [5.74, 6) is -0.915. The maximum Gasteiger partial charge on any atom is 0.276 e. The molecule has 0 bridgehead atoms. The van der Waals surface area contributed by atoms with Crippen LogP contribution >= 0.6 is 11.6 Å². The lowest BCUT2D eigenvalue weighted by Gasteiger charge is -2.14. The molecule has 1 aliphatic carbocycles. The van der Waals surface area contributed by atoms with Crippen molar-refractivity contribution >= 4 is 17.5 Å². The van der Waals surface area contributed by atoms with Crippen LogP contribution in [0.4, 0.5) is 4.39 Å². The van der Waals surface area contributed by atoms with Gasteiger partial charge >= 0.3 is 0 Å². The van der Waals surface area contributed by atoms with Crippen LogP contribution in [-0.4, -0.2) is 15.7 Å². The Bertz CT molecular complexity index is 1080. The first-order chi connectivity index (χ1) is 13.0. The fourth-order valence-electron chi connectivity index (χ4n) is 3.27. The van der Waals surface area contributed by atoms with Crippen molar-refractivity contribution in [2.45, 2.75) is 18.9 Å². The van der Waals surface area contributed by atoms with Gasteiger partial charge in [-0.3, -0.25) is 9.59 Å². The van der Waals surface area contributed by atoms with Crippen molar-refractivity contribution in [1.29, 1.82) is 0 Å². The number of nitrogens with one attached hydrogen (secondary N) is 1. The van der Waals surface area contributed by atoms with E-state index >= 15 is 0 Å². The van der Waals surface area contributed by atoms with Crippen LogP contribution in [0.15, 0.2) is 59.5 Å². The van der Waals surface area contributed by atoms with Crippen molar-refractivity contribution in [3.05, 3.63) is 92.6 Å². The van der Waals surface area contributed by atoms with Gasteiger partial charge in [0.05, 0.1) is 11.7 Å². The molecule has 1 amide bonds. The van der Waals surface area contributed by atoms with Crippen LogP contribution in [0.25, 0.3) is 5.69 Å². The number of hydrogen-bond acceptors (Lipinski definition) is 3. The first-order valence-corrected chi connectivity index (χ1v) is 8.84. The fourth-order valence-corrected chi connectivity index (χ4v) is 3.46. The Kier molecular flexibility index (Phi) is 4.49. The van der Waals surface area contributed by atoms with Crippen molar-refractivity contribution in [3.8, 4) is 5.69 Å². The van der Waals surface area contributed by atoms with Gasteiger partial charge in [0.15, 0.2) is 5.69 Å². The summed E-state index contributed by atoms with van der Waals surface area (Å²) < 4.78 is 14.5. The third-order valence-corrected chi connectivity index (χ3v) is 4.84. The van der Waals surface area contributed by atoms with E-state index in [0.717, 1.165) is 24.0 Å². The van der Waals surface area contributed by atoms with Crippen LogP contribution in [-0.2, 0) is 6.42 Å². The van der Waals surface area contributed by atoms with Gasteiger partial charge in [0.2, 0.25) is 5.43 Å². The highest BCUT2D eigenvalue weighted by atomic mass is 35.5. The predicted octanol–water partition coefficient (Wildman–Crippen LogP) is 3.44. The number of halogens is 2. The minimum Gasteiger partial charge on any atom is -0.344 e. The maximum atomic E-state index is 13.1. The van der Waals surface area contributed by atoms with Crippen LogP contribution in [0.3, 0.4) is 0 Å². The molecule has 0 fully saturated rings. The Morgan fingerprint density at radius 1 is 1.19 bits per heavy atom. The molecule has 4 rings (SSSR count). The number of carbonyl (C=O) groups is 1. The normalized spacial score (nSPS) is 15.4. The highest BCUT2D eigenvalue weighted by Crippen LogP contribution is 2.32. The Morgan fingerprint density at radius 2 is 1.96 bits per heavy atom. The Hall–Kier alpha value is -2.99. The summed E-state index contributed by atoms with van der Waals surface area (Å²) in [4.78, 5) is 24.8. The van der Waals surface area contributed by atoms with E-state index in [4.69, 9.17) is 11.6 Å². The average Bonchev–Trinajstić information content (AvgIpc) is 3.04. The van der Waals surface area contributed by atoms with Gasteiger partial charge in [0, 0.05) is 17.3 Å². The summed E-state index contributed by atoms with van der Waals surface area (Å²) in [6.45, 7) is 0. The predicted molar refractivity (Wildman–Crippen MR) is 99.8 cm³/mol. The molecular weight excluding hydrogens is 369 g/mol. The molecular formula is C20H15ClFN3O2. The summed E-state index contributed by atoms with van der Waals surface area (Å²) in [6.07, 6.45) is 2.99. The molecule has 1 aromatic heterocycles. The lowest BCUT2D eigenvalue weighted by molar-refractivity contribution is 0.0928. The molecule has 0 aliphatic heterocycles. The van der Waals surface area contributed by atoms with Crippen LogP contribution in [0.2, 0.25) is 5.02 Å². The highest BCUT2D eigenvalue weighted by molar-refractivity contribution is 6.30. The number of amides is 1. The molecule has 1 atom stereocenters. The molecule has 7 heteroatoms. The van der Waals surface area contributed by atoms with Gasteiger partial charge < -0.3 is 5.32 Å². The molecule has 1 N–H and O–H groups in total. The first-order valence-electron chi connectivity index (χ1n) is 8.46. The first kappa shape index (κ1) is 17.4. The van der Waals surface area contributed by atoms with E-state index in [2.05, 4.69) is 10.4 Å². The minimum atomic E-state index is -0.538. The number of nitrogens with zero attached hydrogens (tertiary/aromatic N) is 2. The summed E-state index contributed by atoms with van der Waals surface area (Å²) in [5.41, 5.74) is 1.97. The molecule has 0 radical (unpaired) electrons. The van der Waals surface area contributed by atoms with Crippen molar-refractivity contribution < 1.29 is 9.18 Å². The molecule has 0 saturated carbocycles. The van der Waals surface area contributed by atoms with Crippen LogP contribution in [0.5, 0.6) is 0 Å². The number of carbonyl (C=O) groups excluding carboxylic acids is 1. The molecule has 0 saturated heterocycles. The summed E-state index contributed by atoms with van der Waals surface area (Å²) in [7, 11) is 0. The number of benzene rings is 2. The molecule has 2 aromatic carbocycles. The number of aromatic nitrogens is 2. The molecule has 136 valence electrons. The number of hydrogen-bond donors (Lipinski definition) is 1. The minimum absolute atomic E-state index is 0.189. The van der Waals surface area contributed by atoms with Gasteiger partial charge in [-0.2, -0.15) is 5.10 Å². The van der Waals surface area contributed by atoms with E-state index in [1.807, 2.05) is 12.1 Å². The third-order valence-electron chi connectivity index (χ3n) is 4.60. The maximum absolute atomic E-state index is 13.1. The van der Waals surface area contributed by atoms with E-state index in [1.54, 1.807) is 6.07 Å². The smallest absolute Gasteiger partial charge is 0.276 e. The van der Waals surface area contributed by atoms with Gasteiger partial charge in [0.25, 0.3) is 5.91 Å². The van der Waals surface area contributed by atoms with Gasteiger partial charge in [-0.15, -0.1) is 0 Å². The number of aryl methyl sites for hydroxylation is 1. The van der Waals surface area contributed by atoms with Gasteiger partial charge in [-0.25, -0.2) is 9.07 Å². The standard InChI is InChI=1S/C20H15ClFN3O2/c21-13-2-7-16-12(11-13)1-8-17(16)23-20(27)19-18(26)9-10-25(24-19)15-5-3-14(22)4-6-15/h2-7,9-11,17H,1,8H2,(H,23,27)/t17-/m1/s1. The SMILES string of the molecule is O=C(N[C@@H]1CCc2cc(Cl)ccc21)c1nn(-c2ccc(F)cc2)ccc1=O. The lowest BCUT2D eigenvalue weighted by atomic mass is 10.1. The molecule has 27 heavy (non-hydrogen) atoms. The zero-order valence-corrected chi connectivity index (χ0v) is 14.9. The monoisotopic (exact) mass is 383 g/mol. The topological polar surface area (TPSA) is 64.0 Å². The van der Waals surface area contributed by atoms with E-state index in [1.165, 1.54) is 41.2 Å². The Labute approximate surface area is 159 Å². The van der Waals surface area contributed by atoms with E-state index in [9.17, 15) is 14.0 Å². The molecule has 0 spiro atoms. The highest BCUT2D eigenvalue weighted by Gasteiger charge is 2.26. The van der Waals surface area contributed by atoms with Gasteiger partial charge in [-0.05, 0) is 60.4 Å². The molecule has 3 aromatic rings. The van der Waals surface area contributed by atoms with Crippen molar-refractivity contribution in [2.24, 2.45) is 0 Å². The molecule has 1 heterocycles.